The lowest BCUT2D eigenvalue weighted by Gasteiger charge is -2.10. The van der Waals surface area contributed by atoms with Crippen molar-refractivity contribution in [3.63, 3.8) is 0 Å². The van der Waals surface area contributed by atoms with Crippen LogP contribution in [-0.2, 0) is 4.74 Å². The minimum absolute atomic E-state index is 0.485. The lowest BCUT2D eigenvalue weighted by molar-refractivity contribution is 0.293. The van der Waals surface area contributed by atoms with Crippen LogP contribution in [0.4, 0.5) is 0 Å². The Morgan fingerprint density at radius 1 is 1.52 bits per heavy atom. The third-order valence-corrected chi connectivity index (χ3v) is 3.89. The number of aromatic nitrogens is 2. The van der Waals surface area contributed by atoms with Crippen molar-refractivity contribution in [1.29, 1.82) is 0 Å². The highest BCUT2D eigenvalue weighted by molar-refractivity contribution is 5.78. The zero-order valence-corrected chi connectivity index (χ0v) is 12.8. The van der Waals surface area contributed by atoms with Crippen LogP contribution in [0, 0.1) is 0 Å². The molecule has 3 rings (SSSR count). The van der Waals surface area contributed by atoms with E-state index in [9.17, 15) is 0 Å². The molecule has 1 aliphatic heterocycles. The number of ether oxygens (including phenoxy) is 1. The number of likely N-dealkylation sites (N-methyl/N-ethyl adjacent to an activating group) is 1. The fourth-order valence-corrected chi connectivity index (χ4v) is 2.29. The molecule has 0 radical (unpaired) electrons. The van der Waals surface area contributed by atoms with Gasteiger partial charge in [-0.3, -0.25) is 0 Å². The van der Waals surface area contributed by atoms with Crippen LogP contribution in [-0.4, -0.2) is 35.2 Å². The Hall–Kier alpha value is -2.04. The lowest BCUT2D eigenvalue weighted by Crippen LogP contribution is -2.13. The third kappa shape index (κ3) is 3.01. The van der Waals surface area contributed by atoms with E-state index in [1.807, 2.05) is 13.0 Å². The van der Waals surface area contributed by atoms with Gasteiger partial charge in [-0.1, -0.05) is 11.2 Å². The van der Waals surface area contributed by atoms with E-state index < -0.39 is 0 Å². The first-order valence-electron chi connectivity index (χ1n) is 7.43. The molecule has 5 heteroatoms. The predicted molar refractivity (Wildman–Crippen MR) is 80.3 cm³/mol. The quantitative estimate of drug-likeness (QED) is 0.779. The molecule has 1 aliphatic carbocycles. The molecule has 1 saturated carbocycles. The summed E-state index contributed by atoms with van der Waals surface area (Å²) >= 11 is 0. The van der Waals surface area contributed by atoms with Crippen molar-refractivity contribution in [3.8, 4) is 0 Å². The minimum Gasteiger partial charge on any atom is -0.501 e. The van der Waals surface area contributed by atoms with Gasteiger partial charge >= 0.3 is 0 Å². The molecule has 0 aromatic carbocycles. The molecule has 1 aromatic heterocycles. The number of rotatable bonds is 5. The number of methoxy groups -OCH3 is 1. The molecule has 0 atom stereocenters. The highest BCUT2D eigenvalue weighted by Crippen LogP contribution is 2.40. The van der Waals surface area contributed by atoms with E-state index in [1.54, 1.807) is 7.11 Å². The van der Waals surface area contributed by atoms with Gasteiger partial charge in [-0.25, -0.2) is 0 Å². The summed E-state index contributed by atoms with van der Waals surface area (Å²) in [4.78, 5) is 6.80. The summed E-state index contributed by atoms with van der Waals surface area (Å²) in [5, 5.41) is 4.15. The molecule has 5 nitrogen and oxygen atoms in total. The fraction of sp³-hybridized carbons (Fsp3) is 0.500. The summed E-state index contributed by atoms with van der Waals surface area (Å²) in [5.41, 5.74) is 2.24. The maximum Gasteiger partial charge on any atom is 0.230 e. The predicted octanol–water partition coefficient (Wildman–Crippen LogP) is 3.10. The largest absolute Gasteiger partial charge is 0.501 e. The topological polar surface area (TPSA) is 51.4 Å². The number of allylic oxidation sites excluding steroid dienone is 3. The Morgan fingerprint density at radius 3 is 3.00 bits per heavy atom. The monoisotopic (exact) mass is 287 g/mol. The Balaban J connectivity index is 1.87. The standard InChI is InChI=1S/C16H21N3O2/c1-4-19-9-13(6-5-11(2)20-3)14(10-19)15-17-16(21-18-15)12-7-8-12/h5-6,10,12H,4,7-9H2,1-3H3/b11-5+,13-6+. The van der Waals surface area contributed by atoms with E-state index in [1.165, 1.54) is 18.4 Å². The summed E-state index contributed by atoms with van der Waals surface area (Å²) in [7, 11) is 1.68. The first-order valence-corrected chi connectivity index (χ1v) is 7.43. The molecule has 1 fully saturated rings. The zero-order chi connectivity index (χ0) is 14.8. The molecule has 0 N–H and O–H groups in total. The van der Waals surface area contributed by atoms with Gasteiger partial charge < -0.3 is 14.2 Å². The molecule has 0 amide bonds. The SMILES string of the molecule is CCN1C=C(c2noc(C3CC3)n2)/C(=C/C=C(\C)OC)C1. The van der Waals surface area contributed by atoms with Crippen LogP contribution in [0.25, 0.3) is 5.57 Å². The summed E-state index contributed by atoms with van der Waals surface area (Å²) < 4.78 is 10.6. The molecule has 2 aliphatic rings. The first-order chi connectivity index (χ1) is 10.2. The van der Waals surface area contributed by atoms with E-state index >= 15 is 0 Å². The normalized spacial score (nSPS) is 21.1. The average Bonchev–Trinajstić information content (AvgIpc) is 3.10. The van der Waals surface area contributed by atoms with Crippen molar-refractivity contribution < 1.29 is 9.26 Å². The molecule has 0 bridgehead atoms. The van der Waals surface area contributed by atoms with E-state index in [4.69, 9.17) is 9.26 Å². The van der Waals surface area contributed by atoms with Gasteiger partial charge in [0.25, 0.3) is 0 Å². The molecule has 0 saturated heterocycles. The summed E-state index contributed by atoms with van der Waals surface area (Å²) in [6.45, 7) is 5.90. The minimum atomic E-state index is 0.485. The second kappa shape index (κ2) is 5.76. The van der Waals surface area contributed by atoms with Crippen LogP contribution in [0.5, 0.6) is 0 Å². The van der Waals surface area contributed by atoms with Crippen LogP contribution in [0.15, 0.2) is 34.2 Å². The van der Waals surface area contributed by atoms with Crippen molar-refractivity contribution in [2.75, 3.05) is 20.2 Å². The van der Waals surface area contributed by atoms with Gasteiger partial charge in [0.15, 0.2) is 0 Å². The molecular weight excluding hydrogens is 266 g/mol. The van der Waals surface area contributed by atoms with E-state index in [2.05, 4.69) is 34.2 Å². The molecule has 112 valence electrons. The number of hydrogen-bond acceptors (Lipinski definition) is 5. The second-order valence-corrected chi connectivity index (χ2v) is 5.51. The van der Waals surface area contributed by atoms with E-state index in [-0.39, 0.29) is 0 Å². The van der Waals surface area contributed by atoms with Crippen molar-refractivity contribution in [1.82, 2.24) is 15.0 Å². The van der Waals surface area contributed by atoms with Gasteiger partial charge in [-0.15, -0.1) is 0 Å². The van der Waals surface area contributed by atoms with Crippen LogP contribution < -0.4 is 0 Å². The maximum atomic E-state index is 5.38. The maximum absolute atomic E-state index is 5.38. The van der Waals surface area contributed by atoms with Crippen LogP contribution >= 0.6 is 0 Å². The Morgan fingerprint density at radius 2 is 2.33 bits per heavy atom. The van der Waals surface area contributed by atoms with Crippen molar-refractivity contribution >= 4 is 5.57 Å². The van der Waals surface area contributed by atoms with Crippen LogP contribution in [0.2, 0.25) is 0 Å². The molecule has 2 heterocycles. The van der Waals surface area contributed by atoms with Gasteiger partial charge in [-0.05, 0) is 38.3 Å². The molecular formula is C16H21N3O2. The van der Waals surface area contributed by atoms with Gasteiger partial charge in [0.2, 0.25) is 11.7 Å². The average molecular weight is 287 g/mol. The first kappa shape index (κ1) is 13.9. The Bertz CT molecular complexity index is 609. The molecule has 0 unspecified atom stereocenters. The Labute approximate surface area is 125 Å². The van der Waals surface area contributed by atoms with Gasteiger partial charge in [-0.2, -0.15) is 4.98 Å². The highest BCUT2D eigenvalue weighted by Gasteiger charge is 2.31. The van der Waals surface area contributed by atoms with Crippen LogP contribution in [0.3, 0.4) is 0 Å². The van der Waals surface area contributed by atoms with Gasteiger partial charge in [0, 0.05) is 30.8 Å². The lowest BCUT2D eigenvalue weighted by atomic mass is 10.1. The number of hydrogen-bond donors (Lipinski definition) is 0. The van der Waals surface area contributed by atoms with Crippen molar-refractivity contribution in [2.45, 2.75) is 32.6 Å². The highest BCUT2D eigenvalue weighted by atomic mass is 16.5. The summed E-state index contributed by atoms with van der Waals surface area (Å²) in [6.07, 6.45) is 8.50. The third-order valence-electron chi connectivity index (χ3n) is 3.89. The molecule has 1 aromatic rings. The molecule has 21 heavy (non-hydrogen) atoms. The van der Waals surface area contributed by atoms with E-state index in [0.29, 0.717) is 11.7 Å². The smallest absolute Gasteiger partial charge is 0.230 e. The Kier molecular flexibility index (Phi) is 3.82. The zero-order valence-electron chi connectivity index (χ0n) is 12.8. The van der Waals surface area contributed by atoms with Crippen molar-refractivity contribution in [2.24, 2.45) is 0 Å². The van der Waals surface area contributed by atoms with Crippen LogP contribution in [0.1, 0.15) is 44.3 Å². The van der Waals surface area contributed by atoms with Gasteiger partial charge in [0.05, 0.1) is 12.9 Å². The summed E-state index contributed by atoms with van der Waals surface area (Å²) in [5.74, 6) is 2.84. The fourth-order valence-electron chi connectivity index (χ4n) is 2.29. The van der Waals surface area contributed by atoms with Crippen molar-refractivity contribution in [3.05, 3.63) is 41.4 Å². The number of nitrogens with zero attached hydrogens (tertiary/aromatic N) is 3. The van der Waals surface area contributed by atoms with E-state index in [0.717, 1.165) is 30.3 Å². The summed E-state index contributed by atoms with van der Waals surface area (Å²) in [6, 6.07) is 0. The van der Waals surface area contributed by atoms with Gasteiger partial charge in [0.1, 0.15) is 0 Å². The second-order valence-electron chi connectivity index (χ2n) is 5.51. The molecule has 0 spiro atoms.